The number of thiophene rings is 1. The second-order valence-electron chi connectivity index (χ2n) is 8.97. The lowest BCUT2D eigenvalue weighted by Gasteiger charge is -2.34. The van der Waals surface area contributed by atoms with Gasteiger partial charge in [-0.1, -0.05) is 26.3 Å². The molecule has 5 rings (SSSR count). The van der Waals surface area contributed by atoms with Crippen LogP contribution in [0.4, 0.5) is 0 Å². The second-order valence-corrected chi connectivity index (χ2v) is 10.0. The maximum Gasteiger partial charge on any atom is 0.277 e. The molecule has 2 aliphatic heterocycles. The molecule has 0 aromatic carbocycles. The summed E-state index contributed by atoms with van der Waals surface area (Å²) in [5.74, 6) is 0.0208. The number of carbonyl (C=O) groups excluding carboxylic acids is 1. The summed E-state index contributed by atoms with van der Waals surface area (Å²) in [7, 11) is 0. The highest BCUT2D eigenvalue weighted by molar-refractivity contribution is 7.09. The Morgan fingerprint density at radius 2 is 2.19 bits per heavy atom. The zero-order valence-electron chi connectivity index (χ0n) is 18.1. The van der Waals surface area contributed by atoms with Gasteiger partial charge >= 0.3 is 0 Å². The monoisotopic (exact) mass is 439 g/mol. The van der Waals surface area contributed by atoms with Crippen molar-refractivity contribution in [1.82, 2.24) is 24.4 Å². The highest BCUT2D eigenvalue weighted by Gasteiger charge is 2.29. The molecule has 0 spiro atoms. The molecule has 8 heteroatoms. The lowest BCUT2D eigenvalue weighted by molar-refractivity contribution is -0.135. The van der Waals surface area contributed by atoms with E-state index in [9.17, 15) is 9.59 Å². The fourth-order valence-electron chi connectivity index (χ4n) is 4.86. The van der Waals surface area contributed by atoms with Gasteiger partial charge < -0.3 is 4.90 Å². The Hall–Kier alpha value is -2.45. The van der Waals surface area contributed by atoms with Gasteiger partial charge in [0.05, 0.1) is 29.5 Å². The fraction of sp³-hybridized carbons (Fsp3) is 0.522. The number of hydrogen-bond acceptors (Lipinski definition) is 5. The number of aromatic amines is 1. The minimum Gasteiger partial charge on any atom is -0.337 e. The Kier molecular flexibility index (Phi) is 5.44. The summed E-state index contributed by atoms with van der Waals surface area (Å²) < 4.78 is 1.58. The average Bonchev–Trinajstić information content (AvgIpc) is 3.43. The van der Waals surface area contributed by atoms with E-state index in [0.29, 0.717) is 30.7 Å². The number of piperidine rings is 1. The first-order valence-corrected chi connectivity index (χ1v) is 12.1. The summed E-state index contributed by atoms with van der Waals surface area (Å²) >= 11 is 1.79. The largest absolute Gasteiger partial charge is 0.337 e. The molecule has 1 fully saturated rings. The van der Waals surface area contributed by atoms with Crippen LogP contribution in [0.5, 0.6) is 0 Å². The zero-order chi connectivity index (χ0) is 21.5. The summed E-state index contributed by atoms with van der Waals surface area (Å²) in [4.78, 5) is 36.2. The molecule has 2 aliphatic rings. The van der Waals surface area contributed by atoms with E-state index in [2.05, 4.69) is 27.5 Å². The Morgan fingerprint density at radius 3 is 2.97 bits per heavy atom. The van der Waals surface area contributed by atoms with Gasteiger partial charge in [0.25, 0.3) is 5.56 Å². The first-order chi connectivity index (χ1) is 15.0. The minimum absolute atomic E-state index is 0.0706. The van der Waals surface area contributed by atoms with Crippen LogP contribution >= 0.6 is 11.3 Å². The fourth-order valence-corrected chi connectivity index (χ4v) is 5.59. The first kappa shape index (κ1) is 20.5. The Bertz CT molecular complexity index is 1150. The van der Waals surface area contributed by atoms with E-state index in [1.165, 1.54) is 17.7 Å². The predicted octanol–water partition coefficient (Wildman–Crippen LogP) is 3.35. The van der Waals surface area contributed by atoms with Crippen molar-refractivity contribution in [2.45, 2.75) is 58.7 Å². The summed E-state index contributed by atoms with van der Waals surface area (Å²) in [6, 6.07) is 6.59. The van der Waals surface area contributed by atoms with Crippen molar-refractivity contribution in [2.75, 3.05) is 13.1 Å². The van der Waals surface area contributed by atoms with Crippen molar-refractivity contribution >= 4 is 22.9 Å². The van der Waals surface area contributed by atoms with Crippen molar-refractivity contribution < 1.29 is 4.79 Å². The third-order valence-corrected chi connectivity index (χ3v) is 7.36. The number of rotatable bonds is 4. The van der Waals surface area contributed by atoms with Gasteiger partial charge in [-0.15, -0.1) is 11.3 Å². The molecule has 0 aliphatic carbocycles. The molecule has 1 unspecified atom stereocenters. The molecule has 0 saturated carbocycles. The van der Waals surface area contributed by atoms with Gasteiger partial charge in [-0.05, 0) is 30.8 Å². The second kappa shape index (κ2) is 8.24. The van der Waals surface area contributed by atoms with Crippen molar-refractivity contribution in [3.63, 3.8) is 0 Å². The summed E-state index contributed by atoms with van der Waals surface area (Å²) in [6.07, 6.45) is 4.09. The minimum atomic E-state index is -0.0758. The summed E-state index contributed by atoms with van der Waals surface area (Å²) in [5.41, 5.74) is 3.14. The smallest absolute Gasteiger partial charge is 0.277 e. The third kappa shape index (κ3) is 3.83. The molecule has 0 radical (unpaired) electrons. The van der Waals surface area contributed by atoms with Gasteiger partial charge in [-0.3, -0.25) is 19.6 Å². The van der Waals surface area contributed by atoms with Gasteiger partial charge in [0, 0.05) is 36.4 Å². The summed E-state index contributed by atoms with van der Waals surface area (Å²) in [5, 5.41) is 5.48. The van der Waals surface area contributed by atoms with Crippen molar-refractivity contribution in [2.24, 2.45) is 5.92 Å². The number of likely N-dealkylation sites (tertiary alicyclic amines) is 1. The maximum absolute atomic E-state index is 13.3. The zero-order valence-corrected chi connectivity index (χ0v) is 19.0. The highest BCUT2D eigenvalue weighted by Crippen LogP contribution is 2.32. The van der Waals surface area contributed by atoms with Gasteiger partial charge in [-0.2, -0.15) is 0 Å². The molecule has 0 bridgehead atoms. The molecular weight excluding hydrogens is 410 g/mol. The van der Waals surface area contributed by atoms with Crippen LogP contribution in [0.2, 0.25) is 0 Å². The molecule has 1 atom stereocenters. The van der Waals surface area contributed by atoms with Gasteiger partial charge in [0.2, 0.25) is 5.91 Å². The van der Waals surface area contributed by atoms with E-state index in [-0.39, 0.29) is 23.4 Å². The van der Waals surface area contributed by atoms with Crippen LogP contribution in [0.3, 0.4) is 0 Å². The Morgan fingerprint density at radius 1 is 1.32 bits per heavy atom. The van der Waals surface area contributed by atoms with Crippen LogP contribution in [-0.4, -0.2) is 43.4 Å². The first-order valence-electron chi connectivity index (χ1n) is 11.2. The Labute approximate surface area is 185 Å². The quantitative estimate of drug-likeness (QED) is 0.677. The topological polar surface area (TPSA) is 73.7 Å². The number of nitrogens with zero attached hydrogens (tertiary/aromatic N) is 4. The molecule has 7 nitrogen and oxygen atoms in total. The SMILES string of the molecule is CC(C)C(=O)N1CCc2nc3cc(C4CCCCN4Cc4cccs4)[nH]n3c(=O)c2C1. The van der Waals surface area contributed by atoms with Crippen LogP contribution in [-0.2, 0) is 24.3 Å². The molecule has 3 aromatic rings. The number of H-pyrrole nitrogens is 1. The number of amides is 1. The van der Waals surface area contributed by atoms with E-state index in [0.717, 1.165) is 30.9 Å². The molecule has 1 amide bonds. The van der Waals surface area contributed by atoms with Gasteiger partial charge in [0.15, 0.2) is 5.65 Å². The number of nitrogens with one attached hydrogen (secondary N) is 1. The molecular formula is C23H29N5O2S. The van der Waals surface area contributed by atoms with Gasteiger partial charge in [-0.25, -0.2) is 9.50 Å². The van der Waals surface area contributed by atoms with E-state index in [1.807, 2.05) is 19.9 Å². The Balaban J connectivity index is 1.47. The van der Waals surface area contributed by atoms with E-state index >= 15 is 0 Å². The van der Waals surface area contributed by atoms with E-state index in [4.69, 9.17) is 4.98 Å². The highest BCUT2D eigenvalue weighted by atomic mass is 32.1. The van der Waals surface area contributed by atoms with Crippen LogP contribution in [0, 0.1) is 5.92 Å². The molecule has 1 N–H and O–H groups in total. The third-order valence-electron chi connectivity index (χ3n) is 6.50. The van der Waals surface area contributed by atoms with Gasteiger partial charge in [0.1, 0.15) is 0 Å². The van der Waals surface area contributed by atoms with Crippen molar-refractivity contribution in [1.29, 1.82) is 0 Å². The number of carbonyl (C=O) groups is 1. The lowest BCUT2D eigenvalue weighted by Crippen LogP contribution is -2.41. The molecule has 5 heterocycles. The molecule has 3 aromatic heterocycles. The number of hydrogen-bond donors (Lipinski definition) is 1. The molecule has 1 saturated heterocycles. The predicted molar refractivity (Wildman–Crippen MR) is 121 cm³/mol. The van der Waals surface area contributed by atoms with Crippen LogP contribution < -0.4 is 5.56 Å². The maximum atomic E-state index is 13.3. The van der Waals surface area contributed by atoms with Crippen LogP contribution in [0.1, 0.15) is 61.0 Å². The van der Waals surface area contributed by atoms with Crippen molar-refractivity contribution in [3.05, 3.63) is 55.8 Å². The summed E-state index contributed by atoms with van der Waals surface area (Å²) in [6.45, 7) is 6.77. The van der Waals surface area contributed by atoms with E-state index < -0.39 is 0 Å². The lowest BCUT2D eigenvalue weighted by atomic mass is 9.99. The number of aromatic nitrogens is 3. The molecule has 31 heavy (non-hydrogen) atoms. The normalized spacial score (nSPS) is 19.8. The van der Waals surface area contributed by atoms with Crippen LogP contribution in [0.25, 0.3) is 5.65 Å². The van der Waals surface area contributed by atoms with Crippen LogP contribution in [0.15, 0.2) is 28.4 Å². The standard InChI is InChI=1S/C23H29N5O2S/c1-15(2)22(29)27-10-8-18-17(14-27)23(30)28-21(24-18)12-19(25-28)20-7-3-4-9-26(20)13-16-6-5-11-31-16/h5-6,11-12,15,20,25H,3-4,7-10,13-14H2,1-2H3. The number of fused-ring (bicyclic) bond motifs is 2. The van der Waals surface area contributed by atoms with Crippen molar-refractivity contribution in [3.8, 4) is 0 Å². The van der Waals surface area contributed by atoms with E-state index in [1.54, 1.807) is 20.8 Å². The molecule has 164 valence electrons. The average molecular weight is 440 g/mol.